The van der Waals surface area contributed by atoms with Crippen LogP contribution in [0.3, 0.4) is 0 Å². The second-order valence-corrected chi connectivity index (χ2v) is 4.90. The van der Waals surface area contributed by atoms with Crippen molar-refractivity contribution in [2.45, 2.75) is 33.4 Å². The number of aryl methyl sites for hydroxylation is 1. The Kier molecular flexibility index (Phi) is 4.05. The first kappa shape index (κ1) is 13.4. The predicted molar refractivity (Wildman–Crippen MR) is 74.9 cm³/mol. The van der Waals surface area contributed by atoms with E-state index in [1.54, 1.807) is 12.3 Å². The molecule has 0 bridgehead atoms. The van der Waals surface area contributed by atoms with Gasteiger partial charge in [0.05, 0.1) is 11.8 Å². The largest absolute Gasteiger partial charge is 0.469 e. The Hall–Kier alpha value is -2.03. The van der Waals surface area contributed by atoms with Crippen LogP contribution < -0.4 is 0 Å². The number of hydrogen-bond donors (Lipinski definition) is 0. The Labute approximate surface area is 113 Å². The zero-order valence-corrected chi connectivity index (χ0v) is 11.6. The summed E-state index contributed by atoms with van der Waals surface area (Å²) in [5.41, 5.74) is 1.77. The van der Waals surface area contributed by atoms with Crippen molar-refractivity contribution in [2.24, 2.45) is 0 Å². The van der Waals surface area contributed by atoms with Crippen LogP contribution in [-0.2, 0) is 6.54 Å². The average molecular weight is 257 g/mol. The van der Waals surface area contributed by atoms with Gasteiger partial charge in [-0.15, -0.1) is 0 Å². The van der Waals surface area contributed by atoms with Gasteiger partial charge in [-0.1, -0.05) is 30.3 Å². The molecule has 3 nitrogen and oxygen atoms in total. The molecule has 19 heavy (non-hydrogen) atoms. The van der Waals surface area contributed by atoms with Gasteiger partial charge >= 0.3 is 0 Å². The van der Waals surface area contributed by atoms with E-state index in [0.717, 1.165) is 5.56 Å². The highest BCUT2D eigenvalue weighted by atomic mass is 16.3. The van der Waals surface area contributed by atoms with Crippen molar-refractivity contribution in [3.63, 3.8) is 0 Å². The molecule has 0 atom stereocenters. The molecule has 3 heteroatoms. The lowest BCUT2D eigenvalue weighted by molar-refractivity contribution is 0.0688. The molecule has 0 aliphatic carbocycles. The number of carbonyl (C=O) groups excluding carboxylic acids is 1. The smallest absolute Gasteiger partial charge is 0.257 e. The second kappa shape index (κ2) is 5.74. The normalized spacial score (nSPS) is 10.7. The van der Waals surface area contributed by atoms with Crippen LogP contribution in [0.15, 0.2) is 47.1 Å². The van der Waals surface area contributed by atoms with E-state index in [-0.39, 0.29) is 11.9 Å². The maximum Gasteiger partial charge on any atom is 0.257 e. The van der Waals surface area contributed by atoms with Crippen molar-refractivity contribution in [1.82, 2.24) is 4.90 Å². The molecule has 100 valence electrons. The third-order valence-corrected chi connectivity index (χ3v) is 3.17. The lowest BCUT2D eigenvalue weighted by Gasteiger charge is -2.26. The number of furan rings is 1. The molecule has 0 spiro atoms. The summed E-state index contributed by atoms with van der Waals surface area (Å²) in [6.45, 7) is 6.47. The van der Waals surface area contributed by atoms with Crippen LogP contribution in [0.4, 0.5) is 0 Å². The Bertz CT molecular complexity index is 543. The molecule has 0 fully saturated rings. The number of carbonyl (C=O) groups is 1. The minimum absolute atomic E-state index is 0.0186. The van der Waals surface area contributed by atoms with E-state index < -0.39 is 0 Å². The molecule has 1 amide bonds. The first-order valence-corrected chi connectivity index (χ1v) is 6.48. The summed E-state index contributed by atoms with van der Waals surface area (Å²) in [4.78, 5) is 14.4. The third-order valence-electron chi connectivity index (χ3n) is 3.17. The molecule has 2 rings (SSSR count). The summed E-state index contributed by atoms with van der Waals surface area (Å²) < 4.78 is 5.22. The van der Waals surface area contributed by atoms with Crippen LogP contribution in [0, 0.1) is 6.92 Å². The van der Waals surface area contributed by atoms with Crippen molar-refractivity contribution in [1.29, 1.82) is 0 Å². The third kappa shape index (κ3) is 3.05. The zero-order chi connectivity index (χ0) is 13.8. The first-order valence-electron chi connectivity index (χ1n) is 6.48. The van der Waals surface area contributed by atoms with Crippen molar-refractivity contribution in [3.8, 4) is 0 Å². The molecule has 0 N–H and O–H groups in total. The van der Waals surface area contributed by atoms with E-state index in [1.165, 1.54) is 0 Å². The minimum atomic E-state index is 0.0186. The quantitative estimate of drug-likeness (QED) is 0.837. The monoisotopic (exact) mass is 257 g/mol. The fraction of sp³-hybridized carbons (Fsp3) is 0.312. The van der Waals surface area contributed by atoms with Crippen LogP contribution in [0.1, 0.15) is 35.5 Å². The standard InChI is InChI=1S/C16H19NO2/c1-12(2)17(11-14-7-5-4-6-8-14)16(18)15-9-10-19-13(15)3/h4-10,12H,11H2,1-3H3. The van der Waals surface area contributed by atoms with Gasteiger partial charge in [-0.2, -0.15) is 0 Å². The summed E-state index contributed by atoms with van der Waals surface area (Å²) in [5, 5.41) is 0. The second-order valence-electron chi connectivity index (χ2n) is 4.90. The van der Waals surface area contributed by atoms with Gasteiger partial charge in [0.25, 0.3) is 5.91 Å². The van der Waals surface area contributed by atoms with Gasteiger partial charge < -0.3 is 9.32 Å². The fourth-order valence-electron chi connectivity index (χ4n) is 2.03. The lowest BCUT2D eigenvalue weighted by atomic mass is 10.1. The topological polar surface area (TPSA) is 33.5 Å². The number of rotatable bonds is 4. The van der Waals surface area contributed by atoms with Crippen LogP contribution >= 0.6 is 0 Å². The van der Waals surface area contributed by atoms with E-state index >= 15 is 0 Å². The first-order chi connectivity index (χ1) is 9.09. The number of amides is 1. The van der Waals surface area contributed by atoms with Gasteiger partial charge in [0.2, 0.25) is 0 Å². The summed E-state index contributed by atoms with van der Waals surface area (Å²) >= 11 is 0. The van der Waals surface area contributed by atoms with Crippen LogP contribution in [0.2, 0.25) is 0 Å². The number of nitrogens with zero attached hydrogens (tertiary/aromatic N) is 1. The van der Waals surface area contributed by atoms with Crippen LogP contribution in [0.5, 0.6) is 0 Å². The van der Waals surface area contributed by atoms with E-state index in [1.807, 2.05) is 56.0 Å². The van der Waals surface area contributed by atoms with Crippen LogP contribution in [-0.4, -0.2) is 16.8 Å². The van der Waals surface area contributed by atoms with E-state index in [0.29, 0.717) is 17.9 Å². The van der Waals surface area contributed by atoms with Gasteiger partial charge in [0.1, 0.15) is 5.76 Å². The highest BCUT2D eigenvalue weighted by molar-refractivity contribution is 5.95. The maximum atomic E-state index is 12.5. The van der Waals surface area contributed by atoms with E-state index in [2.05, 4.69) is 0 Å². The summed E-state index contributed by atoms with van der Waals surface area (Å²) in [6, 6.07) is 11.9. The van der Waals surface area contributed by atoms with Gasteiger partial charge in [0.15, 0.2) is 0 Å². The summed E-state index contributed by atoms with van der Waals surface area (Å²) in [7, 11) is 0. The molecule has 0 saturated carbocycles. The lowest BCUT2D eigenvalue weighted by Crippen LogP contribution is -2.36. The molecule has 0 aliphatic heterocycles. The van der Waals surface area contributed by atoms with E-state index in [4.69, 9.17) is 4.42 Å². The molecule has 0 unspecified atom stereocenters. The summed E-state index contributed by atoms with van der Waals surface area (Å²) in [6.07, 6.45) is 1.56. The van der Waals surface area contributed by atoms with Gasteiger partial charge in [-0.3, -0.25) is 4.79 Å². The highest BCUT2D eigenvalue weighted by Gasteiger charge is 2.21. The number of benzene rings is 1. The average Bonchev–Trinajstić information content (AvgIpc) is 2.82. The predicted octanol–water partition coefficient (Wildman–Crippen LogP) is 3.64. The maximum absolute atomic E-state index is 12.5. The Morgan fingerprint density at radius 3 is 2.42 bits per heavy atom. The molecule has 0 saturated heterocycles. The summed E-state index contributed by atoms with van der Waals surface area (Å²) in [5.74, 6) is 0.689. The van der Waals surface area contributed by atoms with Crippen molar-refractivity contribution < 1.29 is 9.21 Å². The number of hydrogen-bond acceptors (Lipinski definition) is 2. The van der Waals surface area contributed by atoms with E-state index in [9.17, 15) is 4.79 Å². The molecule has 2 aromatic rings. The molecule has 0 aliphatic rings. The van der Waals surface area contributed by atoms with Crippen LogP contribution in [0.25, 0.3) is 0 Å². The van der Waals surface area contributed by atoms with Crippen molar-refractivity contribution in [2.75, 3.05) is 0 Å². The molecule has 1 heterocycles. The Morgan fingerprint density at radius 2 is 1.89 bits per heavy atom. The van der Waals surface area contributed by atoms with Crippen molar-refractivity contribution >= 4 is 5.91 Å². The Morgan fingerprint density at radius 1 is 1.21 bits per heavy atom. The van der Waals surface area contributed by atoms with Gasteiger partial charge in [0, 0.05) is 12.6 Å². The molecular formula is C16H19NO2. The minimum Gasteiger partial charge on any atom is -0.469 e. The fourth-order valence-corrected chi connectivity index (χ4v) is 2.03. The molecule has 1 aromatic heterocycles. The zero-order valence-electron chi connectivity index (χ0n) is 11.6. The molecule has 1 aromatic carbocycles. The van der Waals surface area contributed by atoms with Crippen molar-refractivity contribution in [3.05, 3.63) is 59.5 Å². The van der Waals surface area contributed by atoms with Gasteiger partial charge in [-0.05, 0) is 32.4 Å². The molecular weight excluding hydrogens is 238 g/mol. The van der Waals surface area contributed by atoms with Gasteiger partial charge in [-0.25, -0.2) is 0 Å². The molecule has 0 radical (unpaired) electrons. The highest BCUT2D eigenvalue weighted by Crippen LogP contribution is 2.16. The SMILES string of the molecule is Cc1occc1C(=O)N(Cc1ccccc1)C(C)C. The Balaban J connectivity index is 2.22.